The van der Waals surface area contributed by atoms with E-state index in [1.54, 1.807) is 0 Å². The smallest absolute Gasteiger partial charge is 0.0584 e. The number of hydrogen-bond donors (Lipinski definition) is 1. The summed E-state index contributed by atoms with van der Waals surface area (Å²) in [5.74, 6) is 0. The van der Waals surface area contributed by atoms with Gasteiger partial charge in [0.05, 0.1) is 9.72 Å². The van der Waals surface area contributed by atoms with Crippen LogP contribution in [0.2, 0.25) is 5.02 Å². The van der Waals surface area contributed by atoms with Crippen LogP contribution in [0.5, 0.6) is 0 Å². The van der Waals surface area contributed by atoms with Gasteiger partial charge >= 0.3 is 0 Å². The Morgan fingerprint density at radius 2 is 2.22 bits per heavy atom. The molecule has 0 aliphatic carbocycles. The SMILES string of the molecule is Clc1cccc2cc(C3=CC4CCC(C3)N4)sc12. The van der Waals surface area contributed by atoms with Crippen molar-refractivity contribution >= 4 is 38.6 Å². The average molecular weight is 276 g/mol. The van der Waals surface area contributed by atoms with Crippen LogP contribution in [0.4, 0.5) is 0 Å². The van der Waals surface area contributed by atoms with Gasteiger partial charge in [0, 0.05) is 17.0 Å². The zero-order valence-electron chi connectivity index (χ0n) is 9.95. The van der Waals surface area contributed by atoms with Crippen molar-refractivity contribution in [2.45, 2.75) is 31.3 Å². The Kier molecular flexibility index (Phi) is 2.51. The molecule has 0 amide bonds. The van der Waals surface area contributed by atoms with E-state index in [2.05, 4.69) is 23.5 Å². The molecule has 2 aromatic rings. The highest BCUT2D eigenvalue weighted by Gasteiger charge is 2.28. The maximum Gasteiger partial charge on any atom is 0.0584 e. The minimum absolute atomic E-state index is 0.597. The Labute approximate surface area is 115 Å². The highest BCUT2D eigenvalue weighted by atomic mass is 35.5. The van der Waals surface area contributed by atoms with Crippen molar-refractivity contribution in [3.05, 3.63) is 40.2 Å². The maximum atomic E-state index is 6.26. The first-order chi connectivity index (χ1) is 8.79. The second kappa shape index (κ2) is 4.09. The summed E-state index contributed by atoms with van der Waals surface area (Å²) in [7, 11) is 0. The molecule has 2 bridgehead atoms. The molecule has 1 fully saturated rings. The largest absolute Gasteiger partial charge is 0.307 e. The van der Waals surface area contributed by atoms with Crippen molar-refractivity contribution in [3.63, 3.8) is 0 Å². The van der Waals surface area contributed by atoms with Gasteiger partial charge in [-0.2, -0.15) is 0 Å². The summed E-state index contributed by atoms with van der Waals surface area (Å²) in [6, 6.07) is 9.74. The van der Waals surface area contributed by atoms with E-state index in [9.17, 15) is 0 Å². The lowest BCUT2D eigenvalue weighted by molar-refractivity contribution is 0.575. The van der Waals surface area contributed by atoms with Crippen molar-refractivity contribution in [2.75, 3.05) is 0 Å². The van der Waals surface area contributed by atoms with Gasteiger partial charge in [-0.05, 0) is 42.4 Å². The topological polar surface area (TPSA) is 12.0 Å². The summed E-state index contributed by atoms with van der Waals surface area (Å²) in [6.07, 6.45) is 6.19. The summed E-state index contributed by atoms with van der Waals surface area (Å²) in [6.45, 7) is 0. The van der Waals surface area contributed by atoms with Crippen molar-refractivity contribution in [1.82, 2.24) is 5.32 Å². The molecule has 0 spiro atoms. The van der Waals surface area contributed by atoms with Gasteiger partial charge in [-0.1, -0.05) is 29.8 Å². The fourth-order valence-electron chi connectivity index (χ4n) is 3.09. The Balaban J connectivity index is 1.81. The number of nitrogens with one attached hydrogen (secondary N) is 1. The maximum absolute atomic E-state index is 6.26. The highest BCUT2D eigenvalue weighted by Crippen LogP contribution is 2.39. The minimum atomic E-state index is 0.597. The molecule has 1 nitrogen and oxygen atoms in total. The lowest BCUT2D eigenvalue weighted by atomic mass is 10.0. The molecule has 4 rings (SSSR count). The van der Waals surface area contributed by atoms with Crippen molar-refractivity contribution in [3.8, 4) is 0 Å². The van der Waals surface area contributed by atoms with E-state index < -0.39 is 0 Å². The predicted molar refractivity (Wildman–Crippen MR) is 79.4 cm³/mol. The highest BCUT2D eigenvalue weighted by molar-refractivity contribution is 7.20. The summed E-state index contributed by atoms with van der Waals surface area (Å²) >= 11 is 8.09. The van der Waals surface area contributed by atoms with Gasteiger partial charge in [0.2, 0.25) is 0 Å². The molecule has 2 unspecified atom stereocenters. The molecule has 1 aromatic carbocycles. The number of hydrogen-bond acceptors (Lipinski definition) is 2. The van der Waals surface area contributed by atoms with Crippen molar-refractivity contribution < 1.29 is 0 Å². The Morgan fingerprint density at radius 3 is 3.06 bits per heavy atom. The van der Waals surface area contributed by atoms with Gasteiger partial charge in [-0.3, -0.25) is 0 Å². The van der Waals surface area contributed by atoms with E-state index in [0.29, 0.717) is 12.1 Å². The van der Waals surface area contributed by atoms with Gasteiger partial charge in [-0.15, -0.1) is 11.3 Å². The molecular formula is C15H14ClNS. The molecule has 0 saturated carbocycles. The van der Waals surface area contributed by atoms with E-state index in [1.165, 1.54) is 39.8 Å². The van der Waals surface area contributed by atoms with Crippen molar-refractivity contribution in [1.29, 1.82) is 0 Å². The number of rotatable bonds is 1. The van der Waals surface area contributed by atoms with Crippen LogP contribution in [0.15, 0.2) is 30.3 Å². The van der Waals surface area contributed by atoms with E-state index in [0.717, 1.165) is 5.02 Å². The van der Waals surface area contributed by atoms with Crippen LogP contribution in [-0.2, 0) is 0 Å². The monoisotopic (exact) mass is 275 g/mol. The first-order valence-corrected chi connectivity index (χ1v) is 7.64. The molecule has 2 atom stereocenters. The molecule has 3 heterocycles. The Bertz CT molecular complexity index is 643. The van der Waals surface area contributed by atoms with E-state index in [4.69, 9.17) is 11.6 Å². The lowest BCUT2D eigenvalue weighted by Gasteiger charge is -2.20. The summed E-state index contributed by atoms with van der Waals surface area (Å²) < 4.78 is 1.22. The van der Waals surface area contributed by atoms with E-state index in [-0.39, 0.29) is 0 Å². The van der Waals surface area contributed by atoms with Crippen LogP contribution < -0.4 is 5.32 Å². The molecular weight excluding hydrogens is 262 g/mol. The minimum Gasteiger partial charge on any atom is -0.307 e. The zero-order valence-corrected chi connectivity index (χ0v) is 11.5. The second-order valence-electron chi connectivity index (χ2n) is 5.21. The average Bonchev–Trinajstić information content (AvgIpc) is 2.94. The quantitative estimate of drug-likeness (QED) is 0.810. The molecule has 2 aliphatic heterocycles. The van der Waals surface area contributed by atoms with Crippen LogP contribution in [-0.4, -0.2) is 12.1 Å². The number of fused-ring (bicyclic) bond motifs is 3. The fraction of sp³-hybridized carbons (Fsp3) is 0.333. The lowest BCUT2D eigenvalue weighted by Crippen LogP contribution is -2.31. The van der Waals surface area contributed by atoms with Crippen LogP contribution in [0.3, 0.4) is 0 Å². The van der Waals surface area contributed by atoms with Crippen LogP contribution in [0.25, 0.3) is 15.7 Å². The Hall–Kier alpha value is -0.830. The van der Waals surface area contributed by atoms with Gasteiger partial charge in [0.25, 0.3) is 0 Å². The third-order valence-electron chi connectivity index (χ3n) is 3.96. The molecule has 1 saturated heterocycles. The number of thiophene rings is 1. The molecule has 3 heteroatoms. The summed E-state index contributed by atoms with van der Waals surface area (Å²) in [5.41, 5.74) is 1.51. The molecule has 18 heavy (non-hydrogen) atoms. The molecule has 2 aliphatic rings. The third-order valence-corrected chi connectivity index (χ3v) is 5.64. The van der Waals surface area contributed by atoms with Crippen LogP contribution in [0, 0.1) is 0 Å². The summed E-state index contributed by atoms with van der Waals surface area (Å²) in [4.78, 5) is 1.40. The first kappa shape index (κ1) is 11.0. The summed E-state index contributed by atoms with van der Waals surface area (Å²) in [5, 5.41) is 5.79. The van der Waals surface area contributed by atoms with Gasteiger partial charge in [-0.25, -0.2) is 0 Å². The Morgan fingerprint density at radius 1 is 1.28 bits per heavy atom. The molecule has 92 valence electrons. The van der Waals surface area contributed by atoms with Crippen LogP contribution in [0.1, 0.15) is 24.1 Å². The van der Waals surface area contributed by atoms with Crippen molar-refractivity contribution in [2.24, 2.45) is 0 Å². The number of benzene rings is 1. The molecule has 1 aromatic heterocycles. The number of halogens is 1. The fourth-order valence-corrected chi connectivity index (χ4v) is 4.48. The molecule has 0 radical (unpaired) electrons. The predicted octanol–water partition coefficient (Wildman–Crippen LogP) is 4.46. The normalized spacial score (nSPS) is 26.6. The van der Waals surface area contributed by atoms with E-state index in [1.807, 2.05) is 23.5 Å². The standard InChI is InChI=1S/C15H14ClNS/c16-13-3-1-2-9-8-14(18-15(9)13)10-6-11-4-5-12(7-10)17-11/h1-3,6,8,11-12,17H,4-5,7H2. The second-order valence-corrected chi connectivity index (χ2v) is 6.67. The van der Waals surface area contributed by atoms with Gasteiger partial charge < -0.3 is 5.32 Å². The molecule has 1 N–H and O–H groups in total. The van der Waals surface area contributed by atoms with E-state index >= 15 is 0 Å². The first-order valence-electron chi connectivity index (χ1n) is 6.45. The van der Waals surface area contributed by atoms with Crippen LogP contribution >= 0.6 is 22.9 Å². The zero-order chi connectivity index (χ0) is 12.1. The van der Waals surface area contributed by atoms with Gasteiger partial charge in [0.1, 0.15) is 0 Å². The third kappa shape index (κ3) is 1.71. The van der Waals surface area contributed by atoms with Gasteiger partial charge in [0.15, 0.2) is 0 Å².